The van der Waals surface area contributed by atoms with Gasteiger partial charge in [-0.15, -0.1) is 0 Å². The number of rotatable bonds is 5. The van der Waals surface area contributed by atoms with Gasteiger partial charge >= 0.3 is 6.03 Å². The molecular formula is C21H24N4O5. The highest BCUT2D eigenvalue weighted by atomic mass is 16.6. The van der Waals surface area contributed by atoms with Crippen LogP contribution in [0.5, 0.6) is 11.5 Å². The van der Waals surface area contributed by atoms with Crippen LogP contribution in [0, 0.1) is 0 Å². The summed E-state index contributed by atoms with van der Waals surface area (Å²) in [6, 6.07) is 13.5. The van der Waals surface area contributed by atoms with E-state index in [0.717, 1.165) is 5.56 Å². The molecule has 9 heteroatoms. The molecule has 1 atom stereocenters. The average Bonchev–Trinajstić information content (AvgIpc) is 2.75. The van der Waals surface area contributed by atoms with E-state index in [-0.39, 0.29) is 18.7 Å². The standard InChI is InChI=1S/C21H24N4O5/c1-13(2)23-21(28)22-11-14-7-9-15(10-8-14)19(26)24-25-20(27)18-12-29-16-5-3-4-6-17(16)30-18/h3-10,13,18H,11-12H2,1-2H3,(H,24,26)(H,25,27)(H2,22,23,28). The Labute approximate surface area is 174 Å². The van der Waals surface area contributed by atoms with Gasteiger partial charge in [0.05, 0.1) is 0 Å². The van der Waals surface area contributed by atoms with Gasteiger partial charge in [-0.25, -0.2) is 4.79 Å². The molecule has 0 aromatic heterocycles. The summed E-state index contributed by atoms with van der Waals surface area (Å²) in [6.45, 7) is 4.12. The van der Waals surface area contributed by atoms with Crippen LogP contribution in [-0.2, 0) is 11.3 Å². The molecular weight excluding hydrogens is 388 g/mol. The van der Waals surface area contributed by atoms with Crippen LogP contribution in [0.2, 0.25) is 0 Å². The zero-order valence-corrected chi connectivity index (χ0v) is 16.7. The lowest BCUT2D eigenvalue weighted by Gasteiger charge is -2.25. The lowest BCUT2D eigenvalue weighted by atomic mass is 10.1. The minimum Gasteiger partial charge on any atom is -0.485 e. The predicted octanol–water partition coefficient (Wildman–Crippen LogP) is 1.50. The van der Waals surface area contributed by atoms with E-state index in [2.05, 4.69) is 21.5 Å². The summed E-state index contributed by atoms with van der Waals surface area (Å²) in [6.07, 6.45) is -0.870. The molecule has 0 fully saturated rings. The number of urea groups is 1. The SMILES string of the molecule is CC(C)NC(=O)NCc1ccc(C(=O)NNC(=O)C2COc3ccccc3O2)cc1. The van der Waals surface area contributed by atoms with Crippen LogP contribution in [0.25, 0.3) is 0 Å². The second-order valence-electron chi connectivity index (χ2n) is 6.99. The third kappa shape index (κ3) is 5.63. The number of hydrogen-bond donors (Lipinski definition) is 4. The van der Waals surface area contributed by atoms with Crippen molar-refractivity contribution in [2.45, 2.75) is 32.5 Å². The lowest BCUT2D eigenvalue weighted by molar-refractivity contribution is -0.131. The molecule has 0 radical (unpaired) electrons. The molecule has 158 valence electrons. The quantitative estimate of drug-likeness (QED) is 0.555. The molecule has 2 aromatic carbocycles. The van der Waals surface area contributed by atoms with Gasteiger partial charge in [0, 0.05) is 18.2 Å². The van der Waals surface area contributed by atoms with Gasteiger partial charge in [-0.2, -0.15) is 0 Å². The van der Waals surface area contributed by atoms with Crippen molar-refractivity contribution in [3.05, 3.63) is 59.7 Å². The summed E-state index contributed by atoms with van der Waals surface area (Å²) in [5.41, 5.74) is 5.90. The number of benzene rings is 2. The molecule has 1 aliphatic rings. The van der Waals surface area contributed by atoms with Crippen LogP contribution in [0.1, 0.15) is 29.8 Å². The number of carbonyl (C=O) groups is 3. The van der Waals surface area contributed by atoms with E-state index in [1.54, 1.807) is 42.5 Å². The molecule has 4 N–H and O–H groups in total. The number of ether oxygens (including phenoxy) is 2. The minimum atomic E-state index is -0.870. The number of para-hydroxylation sites is 2. The molecule has 4 amide bonds. The smallest absolute Gasteiger partial charge is 0.315 e. The molecule has 1 unspecified atom stereocenters. The molecule has 0 saturated carbocycles. The monoisotopic (exact) mass is 412 g/mol. The first-order valence-corrected chi connectivity index (χ1v) is 9.54. The third-order valence-electron chi connectivity index (χ3n) is 4.19. The van der Waals surface area contributed by atoms with Crippen LogP contribution in [0.3, 0.4) is 0 Å². The van der Waals surface area contributed by atoms with Gasteiger partial charge in [-0.05, 0) is 43.7 Å². The highest BCUT2D eigenvalue weighted by Crippen LogP contribution is 2.30. The van der Waals surface area contributed by atoms with Crippen LogP contribution in [-0.4, -0.2) is 36.6 Å². The highest BCUT2D eigenvalue weighted by molar-refractivity contribution is 5.95. The number of fused-ring (bicyclic) bond motifs is 1. The lowest BCUT2D eigenvalue weighted by Crippen LogP contribution is -2.50. The topological polar surface area (TPSA) is 118 Å². The predicted molar refractivity (Wildman–Crippen MR) is 109 cm³/mol. The Bertz CT molecular complexity index is 914. The van der Waals surface area contributed by atoms with Gasteiger partial charge in [0.2, 0.25) is 6.10 Å². The van der Waals surface area contributed by atoms with Crippen molar-refractivity contribution in [1.29, 1.82) is 0 Å². The Hall–Kier alpha value is -3.75. The Kier molecular flexibility index (Phi) is 6.74. The van der Waals surface area contributed by atoms with Crippen molar-refractivity contribution in [3.63, 3.8) is 0 Å². The Balaban J connectivity index is 1.46. The largest absolute Gasteiger partial charge is 0.485 e. The maximum Gasteiger partial charge on any atom is 0.315 e. The zero-order chi connectivity index (χ0) is 21.5. The van der Waals surface area contributed by atoms with Crippen LogP contribution >= 0.6 is 0 Å². The van der Waals surface area contributed by atoms with E-state index in [0.29, 0.717) is 23.6 Å². The first kappa shape index (κ1) is 21.0. The van der Waals surface area contributed by atoms with E-state index in [1.165, 1.54) is 0 Å². The normalized spacial score (nSPS) is 14.6. The van der Waals surface area contributed by atoms with Crippen molar-refractivity contribution in [3.8, 4) is 11.5 Å². The van der Waals surface area contributed by atoms with Crippen molar-refractivity contribution in [1.82, 2.24) is 21.5 Å². The second-order valence-corrected chi connectivity index (χ2v) is 6.99. The first-order chi connectivity index (χ1) is 14.4. The van der Waals surface area contributed by atoms with Crippen molar-refractivity contribution < 1.29 is 23.9 Å². The van der Waals surface area contributed by atoms with E-state index < -0.39 is 17.9 Å². The number of hydrazine groups is 1. The van der Waals surface area contributed by atoms with Crippen molar-refractivity contribution >= 4 is 17.8 Å². The molecule has 0 saturated heterocycles. The first-order valence-electron chi connectivity index (χ1n) is 9.54. The molecule has 1 aliphatic heterocycles. The Morgan fingerprint density at radius 2 is 1.70 bits per heavy atom. The van der Waals surface area contributed by atoms with Crippen LogP contribution in [0.4, 0.5) is 4.79 Å². The van der Waals surface area contributed by atoms with Gasteiger partial charge in [-0.1, -0.05) is 24.3 Å². The molecule has 0 spiro atoms. The zero-order valence-electron chi connectivity index (χ0n) is 16.7. The Morgan fingerprint density at radius 3 is 2.40 bits per heavy atom. The van der Waals surface area contributed by atoms with Gasteiger partial charge in [0.25, 0.3) is 11.8 Å². The highest BCUT2D eigenvalue weighted by Gasteiger charge is 2.27. The molecule has 9 nitrogen and oxygen atoms in total. The maximum atomic E-state index is 12.3. The van der Waals surface area contributed by atoms with E-state index in [4.69, 9.17) is 9.47 Å². The fourth-order valence-electron chi connectivity index (χ4n) is 2.69. The third-order valence-corrected chi connectivity index (χ3v) is 4.19. The summed E-state index contributed by atoms with van der Waals surface area (Å²) < 4.78 is 11.1. The molecule has 0 bridgehead atoms. The Morgan fingerprint density at radius 1 is 1.00 bits per heavy atom. The fourth-order valence-corrected chi connectivity index (χ4v) is 2.69. The summed E-state index contributed by atoms with van der Waals surface area (Å²) in [5.74, 6) is 0.0516. The van der Waals surface area contributed by atoms with E-state index in [1.807, 2.05) is 19.9 Å². The number of carbonyl (C=O) groups excluding carboxylic acids is 3. The molecule has 30 heavy (non-hydrogen) atoms. The molecule has 1 heterocycles. The van der Waals surface area contributed by atoms with Crippen molar-refractivity contribution in [2.75, 3.05) is 6.61 Å². The number of nitrogens with one attached hydrogen (secondary N) is 4. The summed E-state index contributed by atoms with van der Waals surface area (Å²) >= 11 is 0. The molecule has 2 aromatic rings. The van der Waals surface area contributed by atoms with Crippen molar-refractivity contribution in [2.24, 2.45) is 0 Å². The second kappa shape index (κ2) is 9.64. The van der Waals surface area contributed by atoms with E-state index in [9.17, 15) is 14.4 Å². The summed E-state index contributed by atoms with van der Waals surface area (Å²) in [7, 11) is 0. The van der Waals surface area contributed by atoms with E-state index >= 15 is 0 Å². The summed E-state index contributed by atoms with van der Waals surface area (Å²) in [4.78, 5) is 36.1. The molecule has 3 rings (SSSR count). The van der Waals surface area contributed by atoms with Crippen LogP contribution < -0.4 is 31.0 Å². The summed E-state index contributed by atoms with van der Waals surface area (Å²) in [5, 5.41) is 5.46. The van der Waals surface area contributed by atoms with Gasteiger partial charge < -0.3 is 20.1 Å². The number of amides is 4. The maximum absolute atomic E-state index is 12.3. The van der Waals surface area contributed by atoms with Gasteiger partial charge in [-0.3, -0.25) is 20.4 Å². The van der Waals surface area contributed by atoms with Gasteiger partial charge in [0.15, 0.2) is 11.5 Å². The average molecular weight is 412 g/mol. The van der Waals surface area contributed by atoms with Crippen LogP contribution in [0.15, 0.2) is 48.5 Å². The minimum absolute atomic E-state index is 0.0464. The molecule has 0 aliphatic carbocycles. The fraction of sp³-hybridized carbons (Fsp3) is 0.286. The van der Waals surface area contributed by atoms with Gasteiger partial charge in [0.1, 0.15) is 6.61 Å². The number of hydrogen-bond acceptors (Lipinski definition) is 5.